The van der Waals surface area contributed by atoms with Gasteiger partial charge in [0, 0.05) is 38.4 Å². The molecule has 41 heavy (non-hydrogen) atoms. The molecule has 2 aromatic heterocycles. The molecule has 0 spiro atoms. The molecule has 3 amide bonds. The molecule has 0 fully saturated rings. The molecule has 14 nitrogen and oxygen atoms in total. The van der Waals surface area contributed by atoms with Crippen molar-refractivity contribution in [2.45, 2.75) is 44.9 Å². The highest BCUT2D eigenvalue weighted by Crippen LogP contribution is 2.31. The standard InChI is InChI=1S/C26H35N7O7S/c1-15-10-33(16(2)13-34)25(35)20-9-19(28-26(36)29-24-17(3)30-40-18(24)4)7-8-21(20)39-22(15)11-32(6)41(37,38)23-12-31(5)14-27-23/h7-9,12,14-16,22,34H,10-11,13H2,1-6H3,(H2,28,29,36)/t15-,16-,22+/m0/s1. The number of aromatic nitrogens is 3. The summed E-state index contributed by atoms with van der Waals surface area (Å²) in [6, 6.07) is 3.54. The molecule has 0 radical (unpaired) electrons. The van der Waals surface area contributed by atoms with Gasteiger partial charge in [-0.3, -0.25) is 4.79 Å². The van der Waals surface area contributed by atoms with Gasteiger partial charge >= 0.3 is 6.03 Å². The van der Waals surface area contributed by atoms with Gasteiger partial charge in [0.15, 0.2) is 10.8 Å². The first-order valence-corrected chi connectivity index (χ1v) is 14.4. The molecule has 222 valence electrons. The lowest BCUT2D eigenvalue weighted by Crippen LogP contribution is -2.50. The Kier molecular flexibility index (Phi) is 8.70. The molecule has 0 saturated heterocycles. The summed E-state index contributed by atoms with van der Waals surface area (Å²) in [5, 5.41) is 19.0. The molecule has 4 rings (SSSR count). The summed E-state index contributed by atoms with van der Waals surface area (Å²) >= 11 is 0. The zero-order valence-corrected chi connectivity index (χ0v) is 24.6. The smallest absolute Gasteiger partial charge is 0.323 e. The Bertz CT molecular complexity index is 1510. The Morgan fingerprint density at radius 2 is 2.02 bits per heavy atom. The first kappa shape index (κ1) is 30.0. The second kappa shape index (κ2) is 11.9. The van der Waals surface area contributed by atoms with Crippen LogP contribution in [0, 0.1) is 19.8 Å². The van der Waals surface area contributed by atoms with E-state index in [0.29, 0.717) is 22.8 Å². The molecular formula is C26H35N7O7S. The van der Waals surface area contributed by atoms with Crippen molar-refractivity contribution in [3.63, 3.8) is 0 Å². The van der Waals surface area contributed by atoms with E-state index in [9.17, 15) is 23.1 Å². The van der Waals surface area contributed by atoms with Crippen LogP contribution in [0.15, 0.2) is 40.3 Å². The monoisotopic (exact) mass is 589 g/mol. The molecule has 0 saturated carbocycles. The second-order valence-corrected chi connectivity index (χ2v) is 12.3. The SMILES string of the molecule is Cc1noc(C)c1NC(=O)Nc1ccc2c(c1)C(=O)N([C@@H](C)CO)C[C@H](C)[C@@H](CN(C)S(=O)(=O)c1cn(C)cn1)O2. The number of aliphatic hydroxyl groups is 1. The maximum Gasteiger partial charge on any atom is 0.323 e. The number of carbonyl (C=O) groups excluding carboxylic acids is 2. The van der Waals surface area contributed by atoms with E-state index < -0.39 is 34.1 Å². The predicted octanol–water partition coefficient (Wildman–Crippen LogP) is 2.21. The number of anilines is 2. The molecule has 0 unspecified atom stereocenters. The van der Waals surface area contributed by atoms with E-state index in [4.69, 9.17) is 9.26 Å². The number of ether oxygens (including phenoxy) is 1. The van der Waals surface area contributed by atoms with Crippen LogP contribution in [0.3, 0.4) is 0 Å². The Balaban J connectivity index is 1.62. The molecule has 1 aromatic carbocycles. The van der Waals surface area contributed by atoms with E-state index in [1.807, 2.05) is 6.92 Å². The highest BCUT2D eigenvalue weighted by Gasteiger charge is 2.35. The molecule has 3 atom stereocenters. The van der Waals surface area contributed by atoms with Gasteiger partial charge in [0.2, 0.25) is 0 Å². The minimum absolute atomic E-state index is 0.0190. The molecule has 1 aliphatic heterocycles. The van der Waals surface area contributed by atoms with E-state index in [1.165, 1.54) is 34.8 Å². The quantitative estimate of drug-likeness (QED) is 0.356. The number of hydrogen-bond acceptors (Lipinski definition) is 9. The van der Waals surface area contributed by atoms with Gasteiger partial charge in [-0.1, -0.05) is 12.1 Å². The molecule has 3 aromatic rings. The first-order chi connectivity index (χ1) is 19.3. The Morgan fingerprint density at radius 1 is 1.29 bits per heavy atom. The third-order valence-corrected chi connectivity index (χ3v) is 8.70. The number of hydrogen-bond donors (Lipinski definition) is 3. The van der Waals surface area contributed by atoms with Crippen LogP contribution in [0.1, 0.15) is 35.7 Å². The van der Waals surface area contributed by atoms with Crippen LogP contribution in [-0.2, 0) is 17.1 Å². The van der Waals surface area contributed by atoms with Gasteiger partial charge in [-0.2, -0.15) is 4.31 Å². The van der Waals surface area contributed by atoms with Crippen LogP contribution in [0.5, 0.6) is 5.75 Å². The highest BCUT2D eigenvalue weighted by molar-refractivity contribution is 7.89. The number of benzene rings is 1. The number of aliphatic hydroxyl groups excluding tert-OH is 1. The third-order valence-electron chi connectivity index (χ3n) is 6.99. The van der Waals surface area contributed by atoms with Gasteiger partial charge in [0.1, 0.15) is 23.2 Å². The van der Waals surface area contributed by atoms with Crippen molar-refractivity contribution in [3.8, 4) is 5.75 Å². The number of urea groups is 1. The molecule has 15 heteroatoms. The predicted molar refractivity (Wildman–Crippen MR) is 149 cm³/mol. The van der Waals surface area contributed by atoms with Crippen LogP contribution in [0.4, 0.5) is 16.2 Å². The Morgan fingerprint density at radius 3 is 2.63 bits per heavy atom. The lowest BCUT2D eigenvalue weighted by Gasteiger charge is -2.38. The van der Waals surface area contributed by atoms with E-state index in [1.54, 1.807) is 44.5 Å². The Hall–Kier alpha value is -3.95. The van der Waals surface area contributed by atoms with E-state index in [-0.39, 0.29) is 42.0 Å². The number of likely N-dealkylation sites (N-methyl/N-ethyl adjacent to an activating group) is 1. The average molecular weight is 590 g/mol. The maximum atomic E-state index is 13.7. The van der Waals surface area contributed by atoms with Crippen LogP contribution >= 0.6 is 0 Å². The fraction of sp³-hybridized carbons (Fsp3) is 0.462. The van der Waals surface area contributed by atoms with Crippen molar-refractivity contribution < 1.29 is 32.4 Å². The zero-order valence-electron chi connectivity index (χ0n) is 23.8. The van der Waals surface area contributed by atoms with E-state index >= 15 is 0 Å². The maximum absolute atomic E-state index is 13.7. The second-order valence-electron chi connectivity index (χ2n) is 10.3. The number of carbonyl (C=O) groups is 2. The molecule has 1 aliphatic rings. The van der Waals surface area contributed by atoms with Crippen molar-refractivity contribution in [3.05, 3.63) is 47.7 Å². The topological polar surface area (TPSA) is 172 Å². The average Bonchev–Trinajstić information content (AvgIpc) is 3.51. The fourth-order valence-electron chi connectivity index (χ4n) is 4.49. The van der Waals surface area contributed by atoms with Crippen LogP contribution in [-0.4, -0.2) is 88.3 Å². The molecule has 0 bridgehead atoms. The van der Waals surface area contributed by atoms with Gasteiger partial charge in [0.25, 0.3) is 15.9 Å². The summed E-state index contributed by atoms with van der Waals surface area (Å²) in [5.41, 5.74) is 1.44. The largest absolute Gasteiger partial charge is 0.488 e. The van der Waals surface area contributed by atoms with Crippen molar-refractivity contribution >= 4 is 33.3 Å². The minimum atomic E-state index is -3.90. The molecule has 0 aliphatic carbocycles. The molecule has 3 N–H and O–H groups in total. The van der Waals surface area contributed by atoms with Crippen molar-refractivity contribution in [1.29, 1.82) is 0 Å². The zero-order chi connectivity index (χ0) is 30.1. The van der Waals surface area contributed by atoms with Crippen molar-refractivity contribution in [2.24, 2.45) is 13.0 Å². The number of sulfonamides is 1. The minimum Gasteiger partial charge on any atom is -0.488 e. The van der Waals surface area contributed by atoms with Gasteiger partial charge in [-0.05, 0) is 39.0 Å². The number of rotatable bonds is 8. The van der Waals surface area contributed by atoms with Crippen LogP contribution < -0.4 is 15.4 Å². The highest BCUT2D eigenvalue weighted by atomic mass is 32.2. The number of nitrogens with zero attached hydrogens (tertiary/aromatic N) is 5. The lowest BCUT2D eigenvalue weighted by molar-refractivity contribution is 0.0387. The third kappa shape index (κ3) is 6.36. The number of aryl methyl sites for hydroxylation is 3. The first-order valence-electron chi connectivity index (χ1n) is 13.0. The fourth-order valence-corrected chi connectivity index (χ4v) is 5.63. The number of amides is 3. The summed E-state index contributed by atoms with van der Waals surface area (Å²) < 4.78 is 40.4. The van der Waals surface area contributed by atoms with Gasteiger partial charge in [-0.25, -0.2) is 18.2 Å². The lowest BCUT2D eigenvalue weighted by atomic mass is 9.99. The number of imidazole rings is 1. The van der Waals surface area contributed by atoms with Gasteiger partial charge < -0.3 is 34.5 Å². The summed E-state index contributed by atoms with van der Waals surface area (Å²) in [5.74, 6) is -0.0255. The molecular weight excluding hydrogens is 554 g/mol. The molecule has 3 heterocycles. The van der Waals surface area contributed by atoms with E-state index in [2.05, 4.69) is 20.8 Å². The van der Waals surface area contributed by atoms with Gasteiger partial charge in [0.05, 0.1) is 31.1 Å². The summed E-state index contributed by atoms with van der Waals surface area (Å²) in [6.07, 6.45) is 2.18. The van der Waals surface area contributed by atoms with Gasteiger partial charge in [-0.15, -0.1) is 0 Å². The van der Waals surface area contributed by atoms with Crippen LogP contribution in [0.25, 0.3) is 0 Å². The normalized spacial score (nSPS) is 18.3. The van der Waals surface area contributed by atoms with E-state index in [0.717, 1.165) is 0 Å². The summed E-state index contributed by atoms with van der Waals surface area (Å²) in [7, 11) is -0.768. The van der Waals surface area contributed by atoms with Crippen LogP contribution in [0.2, 0.25) is 0 Å². The number of nitrogens with one attached hydrogen (secondary N) is 2. The number of fused-ring (bicyclic) bond motifs is 1. The summed E-state index contributed by atoms with van der Waals surface area (Å²) in [4.78, 5) is 31.9. The summed E-state index contributed by atoms with van der Waals surface area (Å²) in [6.45, 7) is 6.85. The Labute approximate surface area is 238 Å². The van der Waals surface area contributed by atoms with Crippen molar-refractivity contribution in [2.75, 3.05) is 37.4 Å². The van der Waals surface area contributed by atoms with Crippen molar-refractivity contribution in [1.82, 2.24) is 23.9 Å².